The summed E-state index contributed by atoms with van der Waals surface area (Å²) in [5, 5.41) is 0. The van der Waals surface area contributed by atoms with Crippen LogP contribution in [0.2, 0.25) is 0 Å². The Morgan fingerprint density at radius 2 is 2.00 bits per heavy atom. The predicted octanol–water partition coefficient (Wildman–Crippen LogP) is 1.04. The Kier molecular flexibility index (Phi) is 5.89. The number of fused-ring (bicyclic) bond motifs is 1. The van der Waals surface area contributed by atoms with Gasteiger partial charge in [0.15, 0.2) is 0 Å². The Bertz CT molecular complexity index is 623. The van der Waals surface area contributed by atoms with Crippen LogP contribution in [0.4, 0.5) is 0 Å². The van der Waals surface area contributed by atoms with Gasteiger partial charge >= 0.3 is 0 Å². The highest BCUT2D eigenvalue weighted by Crippen LogP contribution is 2.27. The fraction of sp³-hybridized carbons (Fsp3) is 0.647. The first-order valence-electron chi connectivity index (χ1n) is 8.49. The van der Waals surface area contributed by atoms with E-state index in [2.05, 4.69) is 4.90 Å². The number of rotatable bonds is 5. The monoisotopic (exact) mass is 354 g/mol. The molecule has 0 aliphatic carbocycles. The molecule has 0 N–H and O–H groups in total. The van der Waals surface area contributed by atoms with E-state index in [1.807, 2.05) is 6.07 Å². The number of ether oxygens (including phenoxy) is 2. The second-order valence-corrected chi connectivity index (χ2v) is 8.37. The van der Waals surface area contributed by atoms with Crippen LogP contribution in [-0.4, -0.2) is 76.8 Å². The van der Waals surface area contributed by atoms with Crippen molar-refractivity contribution in [3.05, 3.63) is 30.3 Å². The molecule has 2 saturated heterocycles. The number of sulfonamides is 1. The van der Waals surface area contributed by atoms with Crippen LogP contribution < -0.4 is 0 Å². The topological polar surface area (TPSA) is 59.1 Å². The van der Waals surface area contributed by atoms with Crippen LogP contribution in [0.15, 0.2) is 35.2 Å². The average Bonchev–Trinajstić information content (AvgIpc) is 2.81. The van der Waals surface area contributed by atoms with Crippen molar-refractivity contribution in [2.75, 3.05) is 53.0 Å². The zero-order valence-corrected chi connectivity index (χ0v) is 15.0. The number of hydrogen-bond acceptors (Lipinski definition) is 5. The van der Waals surface area contributed by atoms with Gasteiger partial charge in [-0.3, -0.25) is 4.90 Å². The average molecular weight is 354 g/mol. The summed E-state index contributed by atoms with van der Waals surface area (Å²) in [6.45, 7) is 5.08. The van der Waals surface area contributed by atoms with Gasteiger partial charge in [-0.1, -0.05) is 18.2 Å². The first-order chi connectivity index (χ1) is 11.6. The largest absolute Gasteiger partial charge is 0.383 e. The van der Waals surface area contributed by atoms with E-state index in [0.29, 0.717) is 37.1 Å². The van der Waals surface area contributed by atoms with Crippen LogP contribution in [-0.2, 0) is 19.5 Å². The minimum atomic E-state index is -3.43. The molecule has 0 bridgehead atoms. The van der Waals surface area contributed by atoms with Crippen molar-refractivity contribution >= 4 is 10.0 Å². The molecular formula is C17H26N2O4S. The van der Waals surface area contributed by atoms with Crippen molar-refractivity contribution in [2.24, 2.45) is 5.92 Å². The van der Waals surface area contributed by atoms with Gasteiger partial charge in [0.1, 0.15) is 0 Å². The SMILES string of the molecule is COCCN1CCO[C@H]2CN(S(=O)(=O)c3ccccc3)CC[C@H]2C1. The minimum absolute atomic E-state index is 0.0233. The molecule has 0 aromatic heterocycles. The molecule has 0 radical (unpaired) electrons. The molecule has 6 nitrogen and oxygen atoms in total. The highest BCUT2D eigenvalue weighted by molar-refractivity contribution is 7.89. The van der Waals surface area contributed by atoms with E-state index in [1.165, 1.54) is 0 Å². The van der Waals surface area contributed by atoms with Gasteiger partial charge < -0.3 is 9.47 Å². The molecule has 2 aliphatic heterocycles. The quantitative estimate of drug-likeness (QED) is 0.791. The van der Waals surface area contributed by atoms with E-state index in [-0.39, 0.29) is 6.10 Å². The molecule has 0 saturated carbocycles. The van der Waals surface area contributed by atoms with E-state index in [0.717, 1.165) is 26.1 Å². The lowest BCUT2D eigenvalue weighted by Gasteiger charge is -2.37. The lowest BCUT2D eigenvalue weighted by Crippen LogP contribution is -2.49. The highest BCUT2D eigenvalue weighted by Gasteiger charge is 2.37. The van der Waals surface area contributed by atoms with Crippen molar-refractivity contribution in [2.45, 2.75) is 17.4 Å². The second-order valence-electron chi connectivity index (χ2n) is 6.43. The number of hydrogen-bond donors (Lipinski definition) is 0. The molecule has 1 aromatic carbocycles. The summed E-state index contributed by atoms with van der Waals surface area (Å²) >= 11 is 0. The zero-order chi connectivity index (χ0) is 17.0. The first kappa shape index (κ1) is 17.8. The maximum absolute atomic E-state index is 12.8. The molecule has 0 amide bonds. The van der Waals surface area contributed by atoms with Gasteiger partial charge in [-0.2, -0.15) is 4.31 Å². The van der Waals surface area contributed by atoms with E-state index in [9.17, 15) is 8.42 Å². The van der Waals surface area contributed by atoms with Gasteiger partial charge in [-0.05, 0) is 18.6 Å². The molecule has 0 spiro atoms. The molecule has 3 rings (SSSR count). The third kappa shape index (κ3) is 3.97. The summed E-state index contributed by atoms with van der Waals surface area (Å²) in [7, 11) is -1.72. The Labute approximate surface area is 144 Å². The third-order valence-corrected chi connectivity index (χ3v) is 6.76. The molecule has 2 heterocycles. The fourth-order valence-corrected chi connectivity index (χ4v) is 4.96. The molecule has 1 aromatic rings. The van der Waals surface area contributed by atoms with Gasteiger partial charge in [0.25, 0.3) is 0 Å². The smallest absolute Gasteiger partial charge is 0.243 e. The molecule has 2 atom stereocenters. The number of nitrogens with zero attached hydrogens (tertiary/aromatic N) is 2. The van der Waals surface area contributed by atoms with Gasteiger partial charge in [-0.25, -0.2) is 8.42 Å². The van der Waals surface area contributed by atoms with Crippen molar-refractivity contribution in [1.82, 2.24) is 9.21 Å². The van der Waals surface area contributed by atoms with Crippen molar-refractivity contribution in [3.63, 3.8) is 0 Å². The second kappa shape index (κ2) is 7.93. The maximum atomic E-state index is 12.8. The highest BCUT2D eigenvalue weighted by atomic mass is 32.2. The van der Waals surface area contributed by atoms with Crippen LogP contribution in [0.5, 0.6) is 0 Å². The van der Waals surface area contributed by atoms with Crippen LogP contribution in [0.3, 0.4) is 0 Å². The third-order valence-electron chi connectivity index (χ3n) is 4.88. The van der Waals surface area contributed by atoms with E-state index in [4.69, 9.17) is 9.47 Å². The lowest BCUT2D eigenvalue weighted by molar-refractivity contribution is -0.00192. The van der Waals surface area contributed by atoms with Crippen LogP contribution in [0.25, 0.3) is 0 Å². The molecule has 7 heteroatoms. The Balaban J connectivity index is 1.67. The molecular weight excluding hydrogens is 328 g/mol. The molecule has 134 valence electrons. The predicted molar refractivity (Wildman–Crippen MR) is 91.4 cm³/mol. The van der Waals surface area contributed by atoms with E-state index < -0.39 is 10.0 Å². The maximum Gasteiger partial charge on any atom is 0.243 e. The first-order valence-corrected chi connectivity index (χ1v) is 9.93. The van der Waals surface area contributed by atoms with E-state index >= 15 is 0 Å². The Morgan fingerprint density at radius 3 is 2.75 bits per heavy atom. The van der Waals surface area contributed by atoms with Gasteiger partial charge in [0, 0.05) is 45.8 Å². The number of benzene rings is 1. The summed E-state index contributed by atoms with van der Waals surface area (Å²) in [5.74, 6) is 0.381. The van der Waals surface area contributed by atoms with Gasteiger partial charge in [0.05, 0.1) is 24.2 Å². The summed E-state index contributed by atoms with van der Waals surface area (Å²) in [6.07, 6.45) is 0.810. The van der Waals surface area contributed by atoms with Crippen LogP contribution in [0, 0.1) is 5.92 Å². The van der Waals surface area contributed by atoms with Crippen LogP contribution in [0.1, 0.15) is 6.42 Å². The van der Waals surface area contributed by atoms with Crippen LogP contribution >= 0.6 is 0 Å². The summed E-state index contributed by atoms with van der Waals surface area (Å²) < 4.78 is 38.3. The molecule has 2 fully saturated rings. The van der Waals surface area contributed by atoms with E-state index in [1.54, 1.807) is 35.7 Å². The molecule has 0 unspecified atom stereocenters. The number of piperidine rings is 1. The standard InChI is InChI=1S/C17H26N2O4S/c1-22-11-9-18-10-12-23-17-14-19(8-7-15(17)13-18)24(20,21)16-5-3-2-4-6-16/h2-6,15,17H,7-14H2,1H3/t15-,17-/m0/s1. The number of methoxy groups -OCH3 is 1. The summed E-state index contributed by atoms with van der Waals surface area (Å²) in [6, 6.07) is 8.66. The summed E-state index contributed by atoms with van der Waals surface area (Å²) in [5.41, 5.74) is 0. The minimum Gasteiger partial charge on any atom is -0.383 e. The van der Waals surface area contributed by atoms with Crippen molar-refractivity contribution in [1.29, 1.82) is 0 Å². The van der Waals surface area contributed by atoms with Crippen molar-refractivity contribution in [3.8, 4) is 0 Å². The molecule has 2 aliphatic rings. The molecule has 24 heavy (non-hydrogen) atoms. The fourth-order valence-electron chi connectivity index (χ4n) is 3.47. The van der Waals surface area contributed by atoms with Gasteiger partial charge in [-0.15, -0.1) is 0 Å². The summed E-state index contributed by atoms with van der Waals surface area (Å²) in [4.78, 5) is 2.72. The Morgan fingerprint density at radius 1 is 1.21 bits per heavy atom. The van der Waals surface area contributed by atoms with Gasteiger partial charge in [0.2, 0.25) is 10.0 Å². The lowest BCUT2D eigenvalue weighted by atomic mass is 9.94. The zero-order valence-electron chi connectivity index (χ0n) is 14.1. The normalized spacial score (nSPS) is 26.7. The van der Waals surface area contributed by atoms with Crippen molar-refractivity contribution < 1.29 is 17.9 Å². The Hall–Kier alpha value is -0.990.